The van der Waals surface area contributed by atoms with E-state index < -0.39 is 17.9 Å². The molecule has 1 fully saturated rings. The minimum absolute atomic E-state index is 0.0883. The molecule has 9 heteroatoms. The normalized spacial score (nSPS) is 16.9. The Morgan fingerprint density at radius 2 is 1.85 bits per heavy atom. The Balaban J connectivity index is 2.40. The average molecular weight is 412 g/mol. The van der Waals surface area contributed by atoms with Crippen LogP contribution in [0.2, 0.25) is 0 Å². The summed E-state index contributed by atoms with van der Waals surface area (Å²) in [6, 6.07) is 2.09. The van der Waals surface area contributed by atoms with Crippen molar-refractivity contribution in [2.45, 2.75) is 26.3 Å². The molecule has 0 bridgehead atoms. The maximum atomic E-state index is 12.8. The molecule has 7 nitrogen and oxygen atoms in total. The van der Waals surface area contributed by atoms with Crippen LogP contribution in [0.15, 0.2) is 17.0 Å². The number of carboxylic acids is 1. The summed E-state index contributed by atoms with van der Waals surface area (Å²) < 4.78 is 10.4. The van der Waals surface area contributed by atoms with Crippen molar-refractivity contribution in [2.24, 2.45) is 5.92 Å². The average Bonchev–Trinajstić information content (AvgIpc) is 2.87. The zero-order chi connectivity index (χ0) is 20.3. The first-order valence-electron chi connectivity index (χ1n) is 8.14. The highest BCUT2D eigenvalue weighted by atomic mass is 32.2. The maximum absolute atomic E-state index is 12.8. The summed E-state index contributed by atoms with van der Waals surface area (Å²) in [5, 5.41) is 19.5. The molecule has 1 heterocycles. The van der Waals surface area contributed by atoms with Gasteiger partial charge in [-0.2, -0.15) is 0 Å². The van der Waals surface area contributed by atoms with Crippen molar-refractivity contribution in [2.75, 3.05) is 14.2 Å². The number of thioether (sulfide) groups is 1. The molecule has 1 atom stereocenters. The molecule has 1 aliphatic rings. The van der Waals surface area contributed by atoms with E-state index in [9.17, 15) is 19.8 Å². The number of aliphatic carboxylic acids is 1. The molecular weight excluding hydrogens is 390 g/mol. The van der Waals surface area contributed by atoms with E-state index in [0.29, 0.717) is 16.9 Å². The number of carbonyl (C=O) groups excluding carboxylic acids is 1. The highest BCUT2D eigenvalue weighted by Crippen LogP contribution is 2.40. The summed E-state index contributed by atoms with van der Waals surface area (Å²) in [6.07, 6.45) is 1.87. The van der Waals surface area contributed by atoms with Gasteiger partial charge in [-0.3, -0.25) is 9.69 Å². The van der Waals surface area contributed by atoms with Crippen LogP contribution in [0.1, 0.15) is 25.8 Å². The lowest BCUT2D eigenvalue weighted by Crippen LogP contribution is -2.44. The Morgan fingerprint density at radius 1 is 1.30 bits per heavy atom. The van der Waals surface area contributed by atoms with E-state index in [2.05, 4.69) is 0 Å². The van der Waals surface area contributed by atoms with Gasteiger partial charge in [-0.05, 0) is 36.1 Å². The van der Waals surface area contributed by atoms with Crippen LogP contribution in [0.25, 0.3) is 6.08 Å². The van der Waals surface area contributed by atoms with Gasteiger partial charge < -0.3 is 19.7 Å². The smallest absolute Gasteiger partial charge is 0.326 e. The molecule has 1 saturated heterocycles. The number of benzene rings is 1. The Morgan fingerprint density at radius 3 is 2.30 bits per heavy atom. The highest BCUT2D eigenvalue weighted by molar-refractivity contribution is 8.26. The second-order valence-electron chi connectivity index (χ2n) is 6.31. The molecule has 1 aliphatic heterocycles. The summed E-state index contributed by atoms with van der Waals surface area (Å²) in [5.41, 5.74) is 0.553. The Labute approximate surface area is 166 Å². The van der Waals surface area contributed by atoms with Crippen molar-refractivity contribution in [3.63, 3.8) is 0 Å². The maximum Gasteiger partial charge on any atom is 0.326 e. The monoisotopic (exact) mass is 411 g/mol. The standard InChI is InChI=1S/C18H21NO6S2/c1-9(2)5-11(17(22)23)19-16(21)14(27-18(19)26)8-10-6-12(24-3)15(20)13(7-10)25-4/h6-9,11,20H,5H2,1-4H3,(H,22,23)/b14-8-/t11-/m0/s1. The number of aromatic hydroxyl groups is 1. The number of hydrogen-bond donors (Lipinski definition) is 2. The van der Waals surface area contributed by atoms with Crippen LogP contribution in [-0.2, 0) is 9.59 Å². The molecule has 2 rings (SSSR count). The van der Waals surface area contributed by atoms with Crippen LogP contribution in [0.5, 0.6) is 17.2 Å². The predicted molar refractivity (Wildman–Crippen MR) is 107 cm³/mol. The van der Waals surface area contributed by atoms with Gasteiger partial charge in [0.05, 0.1) is 19.1 Å². The molecule has 1 aromatic rings. The van der Waals surface area contributed by atoms with Gasteiger partial charge in [-0.15, -0.1) is 0 Å². The van der Waals surface area contributed by atoms with Crippen molar-refractivity contribution in [1.82, 2.24) is 4.90 Å². The number of nitrogens with zero attached hydrogens (tertiary/aromatic N) is 1. The Bertz CT molecular complexity index is 780. The fraction of sp³-hybridized carbons (Fsp3) is 0.389. The molecular formula is C18H21NO6S2. The number of phenolic OH excluding ortho intramolecular Hbond substituents is 1. The molecule has 0 aromatic heterocycles. The summed E-state index contributed by atoms with van der Waals surface area (Å²) in [5.74, 6) is -1.21. The molecule has 1 aromatic carbocycles. The second-order valence-corrected chi connectivity index (χ2v) is 7.99. The van der Waals surface area contributed by atoms with Crippen molar-refractivity contribution in [3.8, 4) is 17.2 Å². The number of rotatable bonds is 7. The number of amides is 1. The number of carboxylic acid groups (broad SMARTS) is 1. The van der Waals surface area contributed by atoms with Crippen molar-refractivity contribution in [1.29, 1.82) is 0 Å². The van der Waals surface area contributed by atoms with Gasteiger partial charge in [-0.1, -0.05) is 37.8 Å². The predicted octanol–water partition coefficient (Wildman–Crippen LogP) is 3.11. The van der Waals surface area contributed by atoms with Gasteiger partial charge in [0.15, 0.2) is 11.5 Å². The quantitative estimate of drug-likeness (QED) is 0.522. The number of phenols is 1. The minimum Gasteiger partial charge on any atom is -0.502 e. The number of methoxy groups -OCH3 is 2. The molecule has 27 heavy (non-hydrogen) atoms. The third-order valence-electron chi connectivity index (χ3n) is 3.91. The largest absolute Gasteiger partial charge is 0.502 e. The molecule has 0 spiro atoms. The molecule has 0 aliphatic carbocycles. The van der Waals surface area contributed by atoms with Crippen LogP contribution in [0.4, 0.5) is 0 Å². The molecule has 0 saturated carbocycles. The van der Waals surface area contributed by atoms with Gasteiger partial charge in [0.25, 0.3) is 5.91 Å². The number of thiocarbonyl (C=S) groups is 1. The third kappa shape index (κ3) is 4.54. The van der Waals surface area contributed by atoms with Crippen molar-refractivity contribution in [3.05, 3.63) is 22.6 Å². The minimum atomic E-state index is -1.09. The number of carbonyl (C=O) groups is 2. The number of ether oxygens (including phenoxy) is 2. The summed E-state index contributed by atoms with van der Waals surface area (Å²) >= 11 is 6.29. The fourth-order valence-corrected chi connectivity index (χ4v) is 4.02. The number of hydrogen-bond acceptors (Lipinski definition) is 7. The van der Waals surface area contributed by atoms with E-state index in [4.69, 9.17) is 21.7 Å². The Kier molecular flexibility index (Phi) is 6.72. The zero-order valence-corrected chi connectivity index (χ0v) is 17.0. The Hall–Kier alpha value is -2.26. The van der Waals surface area contributed by atoms with Gasteiger partial charge in [0, 0.05) is 0 Å². The van der Waals surface area contributed by atoms with E-state index in [1.807, 2.05) is 13.8 Å². The van der Waals surface area contributed by atoms with Crippen LogP contribution < -0.4 is 9.47 Å². The first-order chi connectivity index (χ1) is 12.7. The van der Waals surface area contributed by atoms with E-state index >= 15 is 0 Å². The van der Waals surface area contributed by atoms with Crippen molar-refractivity contribution >= 4 is 46.3 Å². The third-order valence-corrected chi connectivity index (χ3v) is 5.25. The van der Waals surface area contributed by atoms with E-state index in [-0.39, 0.29) is 27.5 Å². The van der Waals surface area contributed by atoms with Crippen LogP contribution >= 0.6 is 24.0 Å². The lowest BCUT2D eigenvalue weighted by atomic mass is 10.0. The first kappa shape index (κ1) is 21.0. The van der Waals surface area contributed by atoms with E-state index in [0.717, 1.165) is 16.7 Å². The highest BCUT2D eigenvalue weighted by Gasteiger charge is 2.40. The van der Waals surface area contributed by atoms with Gasteiger partial charge in [0.2, 0.25) is 5.75 Å². The first-order valence-corrected chi connectivity index (χ1v) is 9.36. The molecule has 1 amide bonds. The summed E-state index contributed by atoms with van der Waals surface area (Å²) in [7, 11) is 2.81. The molecule has 2 N–H and O–H groups in total. The second kappa shape index (κ2) is 8.62. The topological polar surface area (TPSA) is 96.3 Å². The van der Waals surface area contributed by atoms with E-state index in [1.165, 1.54) is 14.2 Å². The molecule has 0 radical (unpaired) electrons. The zero-order valence-electron chi connectivity index (χ0n) is 15.4. The fourth-order valence-electron chi connectivity index (χ4n) is 2.66. The lowest BCUT2D eigenvalue weighted by Gasteiger charge is -2.24. The summed E-state index contributed by atoms with van der Waals surface area (Å²) in [4.78, 5) is 25.9. The van der Waals surface area contributed by atoms with Crippen LogP contribution in [0.3, 0.4) is 0 Å². The van der Waals surface area contributed by atoms with Crippen LogP contribution in [0, 0.1) is 5.92 Å². The van der Waals surface area contributed by atoms with Gasteiger partial charge in [0.1, 0.15) is 10.4 Å². The van der Waals surface area contributed by atoms with Gasteiger partial charge in [-0.25, -0.2) is 4.79 Å². The van der Waals surface area contributed by atoms with Crippen LogP contribution in [-0.4, -0.2) is 51.6 Å². The molecule has 146 valence electrons. The summed E-state index contributed by atoms with van der Waals surface area (Å²) in [6.45, 7) is 3.77. The van der Waals surface area contributed by atoms with Gasteiger partial charge >= 0.3 is 5.97 Å². The lowest BCUT2D eigenvalue weighted by molar-refractivity contribution is -0.145. The van der Waals surface area contributed by atoms with E-state index in [1.54, 1.807) is 18.2 Å². The molecule has 0 unspecified atom stereocenters. The van der Waals surface area contributed by atoms with Crippen molar-refractivity contribution < 1.29 is 29.3 Å². The SMILES string of the molecule is COc1cc(/C=C2\SC(=S)N([C@@H](CC(C)C)C(=O)O)C2=O)cc(OC)c1O.